The maximum atomic E-state index is 13.2. The van der Waals surface area contributed by atoms with Crippen molar-refractivity contribution in [2.45, 2.75) is 18.4 Å². The van der Waals surface area contributed by atoms with Gasteiger partial charge in [0.05, 0.1) is 4.90 Å². The van der Waals surface area contributed by atoms with E-state index in [9.17, 15) is 17.9 Å². The summed E-state index contributed by atoms with van der Waals surface area (Å²) in [7, 11) is -3.79. The second-order valence-corrected chi connectivity index (χ2v) is 6.18. The van der Waals surface area contributed by atoms with Crippen molar-refractivity contribution in [3.8, 4) is 5.75 Å². The summed E-state index contributed by atoms with van der Waals surface area (Å²) in [5, 5.41) is 17.6. The Balaban J connectivity index is 2.26. The van der Waals surface area contributed by atoms with E-state index in [1.807, 2.05) is 0 Å². The number of anilines is 1. The number of rotatable bonds is 4. The van der Waals surface area contributed by atoms with E-state index < -0.39 is 21.6 Å². The van der Waals surface area contributed by atoms with E-state index in [2.05, 4.69) is 5.32 Å². The lowest BCUT2D eigenvalue weighted by Crippen LogP contribution is -2.13. The van der Waals surface area contributed by atoms with E-state index in [1.165, 1.54) is 18.2 Å². The summed E-state index contributed by atoms with van der Waals surface area (Å²) in [6, 6.07) is 8.65. The lowest BCUT2D eigenvalue weighted by Gasteiger charge is -2.12. The van der Waals surface area contributed by atoms with Crippen molar-refractivity contribution in [3.05, 3.63) is 53.3 Å². The average Bonchev–Trinajstić information content (AvgIpc) is 2.40. The zero-order valence-corrected chi connectivity index (χ0v) is 12.1. The van der Waals surface area contributed by atoms with Gasteiger partial charge in [0, 0.05) is 17.8 Å². The third-order valence-electron chi connectivity index (χ3n) is 3.08. The highest BCUT2D eigenvalue weighted by atomic mass is 32.2. The monoisotopic (exact) mass is 310 g/mol. The molecule has 4 N–H and O–H groups in total. The molecule has 2 rings (SSSR count). The average molecular weight is 310 g/mol. The first-order valence-corrected chi connectivity index (χ1v) is 7.67. The predicted octanol–water partition coefficient (Wildman–Crippen LogP) is 2.10. The maximum absolute atomic E-state index is 13.2. The fourth-order valence-corrected chi connectivity index (χ4v) is 2.40. The SMILES string of the molecule is Cc1ccc(S(N)(=O)=O)cc1NCc1cccc(F)c1O. The first kappa shape index (κ1) is 15.3. The van der Waals surface area contributed by atoms with E-state index in [0.29, 0.717) is 11.3 Å². The number of hydrogen-bond donors (Lipinski definition) is 3. The van der Waals surface area contributed by atoms with Crippen molar-refractivity contribution >= 4 is 15.7 Å². The lowest BCUT2D eigenvalue weighted by atomic mass is 10.1. The second-order valence-electron chi connectivity index (χ2n) is 4.62. The number of aromatic hydroxyl groups is 1. The Kier molecular flexibility index (Phi) is 4.15. The molecule has 0 unspecified atom stereocenters. The highest BCUT2D eigenvalue weighted by Crippen LogP contribution is 2.24. The number of para-hydroxylation sites is 1. The van der Waals surface area contributed by atoms with Crippen LogP contribution in [0.3, 0.4) is 0 Å². The molecule has 0 radical (unpaired) electrons. The molecule has 0 saturated carbocycles. The molecule has 0 atom stereocenters. The Bertz CT molecular complexity index is 776. The standard InChI is InChI=1S/C14H15FN2O3S/c1-9-5-6-11(21(16,19)20)7-13(9)17-8-10-3-2-4-12(15)14(10)18/h2-7,17-18H,8H2,1H3,(H2,16,19,20). The van der Waals surface area contributed by atoms with Gasteiger partial charge in [-0.3, -0.25) is 0 Å². The Morgan fingerprint density at radius 2 is 2.00 bits per heavy atom. The van der Waals surface area contributed by atoms with Gasteiger partial charge in [0.15, 0.2) is 11.6 Å². The van der Waals surface area contributed by atoms with E-state index in [4.69, 9.17) is 5.14 Å². The molecule has 0 bridgehead atoms. The van der Waals surface area contributed by atoms with E-state index in [-0.39, 0.29) is 11.4 Å². The summed E-state index contributed by atoms with van der Waals surface area (Å²) >= 11 is 0. The Morgan fingerprint density at radius 3 is 2.67 bits per heavy atom. The predicted molar refractivity (Wildman–Crippen MR) is 77.9 cm³/mol. The first-order valence-electron chi connectivity index (χ1n) is 6.12. The topological polar surface area (TPSA) is 92.4 Å². The summed E-state index contributed by atoms with van der Waals surface area (Å²) in [4.78, 5) is -0.0148. The van der Waals surface area contributed by atoms with Gasteiger partial charge < -0.3 is 10.4 Å². The van der Waals surface area contributed by atoms with E-state index in [0.717, 1.165) is 11.6 Å². The molecule has 7 heteroatoms. The summed E-state index contributed by atoms with van der Waals surface area (Å²) in [5.74, 6) is -1.13. The van der Waals surface area contributed by atoms with Crippen molar-refractivity contribution in [2.24, 2.45) is 5.14 Å². The molecule has 0 aliphatic carbocycles. The van der Waals surface area contributed by atoms with Gasteiger partial charge in [-0.2, -0.15) is 0 Å². The Hall–Kier alpha value is -2.12. The van der Waals surface area contributed by atoms with Crippen LogP contribution in [0, 0.1) is 12.7 Å². The van der Waals surface area contributed by atoms with Gasteiger partial charge >= 0.3 is 0 Å². The number of primary sulfonamides is 1. The number of hydrogen-bond acceptors (Lipinski definition) is 4. The van der Waals surface area contributed by atoms with Crippen LogP contribution in [-0.4, -0.2) is 13.5 Å². The summed E-state index contributed by atoms with van der Waals surface area (Å²) < 4.78 is 35.9. The zero-order chi connectivity index (χ0) is 15.6. The van der Waals surface area contributed by atoms with Gasteiger partial charge in [0.1, 0.15) is 0 Å². The Morgan fingerprint density at radius 1 is 1.29 bits per heavy atom. The molecule has 112 valence electrons. The van der Waals surface area contributed by atoms with Gasteiger partial charge in [-0.1, -0.05) is 18.2 Å². The molecule has 0 saturated heterocycles. The van der Waals surface area contributed by atoms with Gasteiger partial charge in [-0.25, -0.2) is 17.9 Å². The van der Waals surface area contributed by atoms with E-state index >= 15 is 0 Å². The quantitative estimate of drug-likeness (QED) is 0.806. The summed E-state index contributed by atoms with van der Waals surface area (Å²) in [6.07, 6.45) is 0. The van der Waals surface area contributed by atoms with Crippen LogP contribution in [0.15, 0.2) is 41.3 Å². The third kappa shape index (κ3) is 3.50. The van der Waals surface area contributed by atoms with Crippen LogP contribution in [0.25, 0.3) is 0 Å². The van der Waals surface area contributed by atoms with Crippen LogP contribution in [-0.2, 0) is 16.6 Å². The van der Waals surface area contributed by atoms with Crippen molar-refractivity contribution in [3.63, 3.8) is 0 Å². The minimum absolute atomic E-state index is 0.0148. The largest absolute Gasteiger partial charge is 0.505 e. The number of benzene rings is 2. The smallest absolute Gasteiger partial charge is 0.238 e. The highest BCUT2D eigenvalue weighted by molar-refractivity contribution is 7.89. The van der Waals surface area contributed by atoms with E-state index in [1.54, 1.807) is 19.1 Å². The molecule has 5 nitrogen and oxygen atoms in total. The molecular formula is C14H15FN2O3S. The zero-order valence-electron chi connectivity index (χ0n) is 11.3. The minimum Gasteiger partial charge on any atom is -0.505 e. The maximum Gasteiger partial charge on any atom is 0.238 e. The van der Waals surface area contributed by atoms with Crippen LogP contribution in [0.1, 0.15) is 11.1 Å². The number of nitrogens with one attached hydrogen (secondary N) is 1. The molecular weight excluding hydrogens is 295 g/mol. The highest BCUT2D eigenvalue weighted by Gasteiger charge is 2.11. The van der Waals surface area contributed by atoms with Crippen molar-refractivity contribution in [1.29, 1.82) is 0 Å². The normalized spacial score (nSPS) is 11.4. The first-order chi connectivity index (χ1) is 9.79. The molecule has 2 aromatic carbocycles. The van der Waals surface area contributed by atoms with Crippen molar-refractivity contribution in [1.82, 2.24) is 0 Å². The molecule has 0 heterocycles. The van der Waals surface area contributed by atoms with Gasteiger partial charge in [0.2, 0.25) is 10.0 Å². The Labute approximate surface area is 122 Å². The molecule has 0 spiro atoms. The third-order valence-corrected chi connectivity index (χ3v) is 3.99. The molecule has 0 aliphatic heterocycles. The molecule has 0 fully saturated rings. The van der Waals surface area contributed by atoms with Gasteiger partial charge in [-0.15, -0.1) is 0 Å². The number of halogens is 1. The molecule has 0 amide bonds. The lowest BCUT2D eigenvalue weighted by molar-refractivity contribution is 0.427. The number of aryl methyl sites for hydroxylation is 1. The molecule has 0 aromatic heterocycles. The molecule has 21 heavy (non-hydrogen) atoms. The van der Waals surface area contributed by atoms with Crippen LogP contribution in [0.4, 0.5) is 10.1 Å². The van der Waals surface area contributed by atoms with Gasteiger partial charge in [-0.05, 0) is 30.7 Å². The summed E-state index contributed by atoms with van der Waals surface area (Å²) in [5.41, 5.74) is 1.72. The van der Waals surface area contributed by atoms with Gasteiger partial charge in [0.25, 0.3) is 0 Å². The van der Waals surface area contributed by atoms with Crippen LogP contribution in [0.2, 0.25) is 0 Å². The van der Waals surface area contributed by atoms with Crippen LogP contribution >= 0.6 is 0 Å². The van der Waals surface area contributed by atoms with Crippen molar-refractivity contribution in [2.75, 3.05) is 5.32 Å². The van der Waals surface area contributed by atoms with Crippen LogP contribution in [0.5, 0.6) is 5.75 Å². The number of phenols is 1. The second kappa shape index (κ2) is 5.71. The number of phenolic OH excluding ortho intramolecular Hbond substituents is 1. The molecule has 0 aliphatic rings. The van der Waals surface area contributed by atoms with Crippen LogP contribution < -0.4 is 10.5 Å². The number of sulfonamides is 1. The molecule has 2 aromatic rings. The van der Waals surface area contributed by atoms with Crippen molar-refractivity contribution < 1.29 is 17.9 Å². The fraction of sp³-hybridized carbons (Fsp3) is 0.143. The fourth-order valence-electron chi connectivity index (χ4n) is 1.86. The number of nitrogens with two attached hydrogens (primary N) is 1. The summed E-state index contributed by atoms with van der Waals surface area (Å²) in [6.45, 7) is 1.94. The minimum atomic E-state index is -3.79.